The van der Waals surface area contributed by atoms with Gasteiger partial charge in [0.05, 0.1) is 6.20 Å². The van der Waals surface area contributed by atoms with Gasteiger partial charge in [0.2, 0.25) is 5.91 Å². The molecule has 1 N–H and O–H groups in total. The molecular weight excluding hydrogens is 384 g/mol. The number of nitrogens with zero attached hydrogens (tertiary/aromatic N) is 3. The molecule has 5 nitrogen and oxygen atoms in total. The Labute approximate surface area is 182 Å². The molecule has 0 radical (unpaired) electrons. The van der Waals surface area contributed by atoms with E-state index in [4.69, 9.17) is 0 Å². The van der Waals surface area contributed by atoms with Crippen molar-refractivity contribution in [1.29, 1.82) is 0 Å². The van der Waals surface area contributed by atoms with Gasteiger partial charge in [0.1, 0.15) is 0 Å². The van der Waals surface area contributed by atoms with Gasteiger partial charge in [0, 0.05) is 54.4 Å². The number of H-pyrrole nitrogens is 1. The maximum absolute atomic E-state index is 12.9. The first-order chi connectivity index (χ1) is 15.2. The Kier molecular flexibility index (Phi) is 5.33. The third-order valence-electron chi connectivity index (χ3n) is 6.51. The SMILES string of the molecule is C[C@@H]1CC(Cn2ccc3cc(-c4cn[nH]c4)ccc32)CN1C(=O)CCc1ccccc1. The van der Waals surface area contributed by atoms with Crippen molar-refractivity contribution in [2.24, 2.45) is 5.92 Å². The second-order valence-corrected chi connectivity index (χ2v) is 8.71. The van der Waals surface area contributed by atoms with Gasteiger partial charge in [0.25, 0.3) is 0 Å². The molecule has 0 bridgehead atoms. The minimum atomic E-state index is 0.279. The number of hydrogen-bond donors (Lipinski definition) is 1. The van der Waals surface area contributed by atoms with Gasteiger partial charge in [-0.2, -0.15) is 5.10 Å². The van der Waals surface area contributed by atoms with Crippen LogP contribution >= 0.6 is 0 Å². The van der Waals surface area contributed by atoms with Crippen molar-refractivity contribution in [2.75, 3.05) is 6.54 Å². The van der Waals surface area contributed by atoms with Crippen molar-refractivity contribution >= 4 is 16.8 Å². The van der Waals surface area contributed by atoms with Crippen molar-refractivity contribution < 1.29 is 4.79 Å². The van der Waals surface area contributed by atoms with Crippen LogP contribution in [-0.2, 0) is 17.8 Å². The van der Waals surface area contributed by atoms with E-state index in [-0.39, 0.29) is 5.91 Å². The summed E-state index contributed by atoms with van der Waals surface area (Å²) >= 11 is 0. The lowest BCUT2D eigenvalue weighted by molar-refractivity contribution is -0.131. The molecule has 1 fully saturated rings. The fourth-order valence-corrected chi connectivity index (χ4v) is 4.89. The van der Waals surface area contributed by atoms with Gasteiger partial charge < -0.3 is 9.47 Å². The highest BCUT2D eigenvalue weighted by Gasteiger charge is 2.32. The second-order valence-electron chi connectivity index (χ2n) is 8.71. The van der Waals surface area contributed by atoms with Crippen LogP contribution in [0.2, 0.25) is 0 Å². The van der Waals surface area contributed by atoms with E-state index in [9.17, 15) is 4.79 Å². The van der Waals surface area contributed by atoms with E-state index in [0.29, 0.717) is 18.4 Å². The molecule has 1 amide bonds. The fourth-order valence-electron chi connectivity index (χ4n) is 4.89. The summed E-state index contributed by atoms with van der Waals surface area (Å²) in [6, 6.07) is 19.3. The van der Waals surface area contributed by atoms with E-state index in [0.717, 1.165) is 31.5 Å². The van der Waals surface area contributed by atoms with E-state index in [2.05, 4.69) is 69.2 Å². The predicted octanol–water partition coefficient (Wildman–Crippen LogP) is 4.90. The molecule has 0 spiro atoms. The first kappa shape index (κ1) is 19.6. The van der Waals surface area contributed by atoms with Gasteiger partial charge in [-0.15, -0.1) is 0 Å². The van der Waals surface area contributed by atoms with Crippen LogP contribution in [0.4, 0.5) is 0 Å². The maximum Gasteiger partial charge on any atom is 0.223 e. The topological polar surface area (TPSA) is 53.9 Å². The van der Waals surface area contributed by atoms with Crippen molar-refractivity contribution in [3.8, 4) is 11.1 Å². The zero-order chi connectivity index (χ0) is 21.2. The van der Waals surface area contributed by atoms with Crippen LogP contribution in [-0.4, -0.2) is 38.2 Å². The van der Waals surface area contributed by atoms with Crippen molar-refractivity contribution in [3.63, 3.8) is 0 Å². The summed E-state index contributed by atoms with van der Waals surface area (Å²) in [5, 5.41) is 8.16. The third kappa shape index (κ3) is 4.13. The zero-order valence-corrected chi connectivity index (χ0v) is 17.9. The van der Waals surface area contributed by atoms with E-state index in [1.54, 1.807) is 0 Å². The normalized spacial score (nSPS) is 18.7. The molecule has 0 saturated carbocycles. The second kappa shape index (κ2) is 8.42. The number of benzene rings is 2. The van der Waals surface area contributed by atoms with Crippen LogP contribution in [0, 0.1) is 5.92 Å². The molecule has 2 aromatic heterocycles. The highest BCUT2D eigenvalue weighted by atomic mass is 16.2. The average Bonchev–Trinajstić information content (AvgIpc) is 3.53. The minimum absolute atomic E-state index is 0.279. The molecule has 1 aliphatic heterocycles. The molecule has 5 heteroatoms. The van der Waals surface area contributed by atoms with E-state index >= 15 is 0 Å². The van der Waals surface area contributed by atoms with E-state index < -0.39 is 0 Å². The van der Waals surface area contributed by atoms with Crippen LogP contribution < -0.4 is 0 Å². The number of carbonyl (C=O) groups excluding carboxylic acids is 1. The number of aromatic nitrogens is 3. The molecule has 5 rings (SSSR count). The Balaban J connectivity index is 1.23. The Morgan fingerprint density at radius 3 is 2.81 bits per heavy atom. The number of likely N-dealkylation sites (tertiary alicyclic amines) is 1. The van der Waals surface area contributed by atoms with Crippen molar-refractivity contribution in [3.05, 3.63) is 78.8 Å². The predicted molar refractivity (Wildman–Crippen MR) is 124 cm³/mol. The van der Waals surface area contributed by atoms with Crippen molar-refractivity contribution in [1.82, 2.24) is 19.7 Å². The highest BCUT2D eigenvalue weighted by molar-refractivity contribution is 5.85. The van der Waals surface area contributed by atoms with Crippen LogP contribution in [0.3, 0.4) is 0 Å². The van der Waals surface area contributed by atoms with E-state index in [1.165, 1.54) is 22.0 Å². The first-order valence-corrected chi connectivity index (χ1v) is 11.1. The molecule has 1 saturated heterocycles. The van der Waals surface area contributed by atoms with Gasteiger partial charge in [-0.1, -0.05) is 36.4 Å². The molecule has 1 aliphatic rings. The monoisotopic (exact) mass is 412 g/mol. The lowest BCUT2D eigenvalue weighted by Crippen LogP contribution is -2.34. The summed E-state index contributed by atoms with van der Waals surface area (Å²) in [6.07, 6.45) is 8.40. The Morgan fingerprint density at radius 2 is 2.00 bits per heavy atom. The molecule has 1 unspecified atom stereocenters. The van der Waals surface area contributed by atoms with Gasteiger partial charge in [-0.05, 0) is 55.0 Å². The standard InChI is InChI=1S/C26H28N4O/c1-19-13-21(18-30(19)26(31)10-7-20-5-3-2-4-6-20)17-29-12-11-23-14-22(8-9-25(23)29)24-15-27-28-16-24/h2-6,8-9,11-12,14-16,19,21H,7,10,13,17-18H2,1H3,(H,27,28)/t19-,21?/m1/s1. The first-order valence-electron chi connectivity index (χ1n) is 11.1. The Hall–Kier alpha value is -3.34. The molecule has 2 atom stereocenters. The van der Waals surface area contributed by atoms with Gasteiger partial charge in [-0.3, -0.25) is 9.89 Å². The number of aryl methyl sites for hydroxylation is 1. The molecule has 2 aromatic carbocycles. The van der Waals surface area contributed by atoms with Crippen molar-refractivity contribution in [2.45, 2.75) is 38.8 Å². The number of nitrogens with one attached hydrogen (secondary N) is 1. The lowest BCUT2D eigenvalue weighted by Gasteiger charge is -2.21. The number of rotatable bonds is 6. The number of amides is 1. The Bertz CT molecular complexity index is 1160. The highest BCUT2D eigenvalue weighted by Crippen LogP contribution is 2.29. The molecule has 158 valence electrons. The summed E-state index contributed by atoms with van der Waals surface area (Å²) in [5.74, 6) is 0.765. The van der Waals surface area contributed by atoms with Gasteiger partial charge in [0.15, 0.2) is 0 Å². The van der Waals surface area contributed by atoms with Crippen LogP contribution in [0.25, 0.3) is 22.0 Å². The smallest absolute Gasteiger partial charge is 0.223 e. The number of carbonyl (C=O) groups is 1. The largest absolute Gasteiger partial charge is 0.347 e. The van der Waals surface area contributed by atoms with Crippen LogP contribution in [0.1, 0.15) is 25.3 Å². The zero-order valence-electron chi connectivity index (χ0n) is 17.9. The summed E-state index contributed by atoms with van der Waals surface area (Å²) in [6.45, 7) is 3.98. The van der Waals surface area contributed by atoms with Gasteiger partial charge in [-0.25, -0.2) is 0 Å². The van der Waals surface area contributed by atoms with E-state index in [1.807, 2.05) is 30.6 Å². The van der Waals surface area contributed by atoms with Crippen LogP contribution in [0.15, 0.2) is 73.2 Å². The minimum Gasteiger partial charge on any atom is -0.347 e. The molecule has 31 heavy (non-hydrogen) atoms. The summed E-state index contributed by atoms with van der Waals surface area (Å²) in [4.78, 5) is 14.9. The average molecular weight is 413 g/mol. The fraction of sp³-hybridized carbons (Fsp3) is 0.308. The quantitative estimate of drug-likeness (QED) is 0.490. The Morgan fingerprint density at radius 1 is 1.13 bits per heavy atom. The summed E-state index contributed by atoms with van der Waals surface area (Å²) < 4.78 is 2.34. The number of hydrogen-bond acceptors (Lipinski definition) is 2. The summed E-state index contributed by atoms with van der Waals surface area (Å²) in [7, 11) is 0. The van der Waals surface area contributed by atoms with Gasteiger partial charge >= 0.3 is 0 Å². The van der Waals surface area contributed by atoms with Crippen LogP contribution in [0.5, 0.6) is 0 Å². The molecular formula is C26H28N4O. The lowest BCUT2D eigenvalue weighted by atomic mass is 10.1. The summed E-state index contributed by atoms with van der Waals surface area (Å²) in [5.41, 5.74) is 4.74. The number of fused-ring (bicyclic) bond motifs is 1. The number of aromatic amines is 1. The maximum atomic E-state index is 12.9. The molecule has 4 aromatic rings. The third-order valence-corrected chi connectivity index (χ3v) is 6.51. The molecule has 0 aliphatic carbocycles. The molecule has 3 heterocycles.